The summed E-state index contributed by atoms with van der Waals surface area (Å²) in [5.74, 6) is 0.374. The lowest BCUT2D eigenvalue weighted by Crippen LogP contribution is -2.10. The van der Waals surface area contributed by atoms with E-state index < -0.39 is 0 Å². The normalized spacial score (nSPS) is 12.9. The molecule has 0 amide bonds. The summed E-state index contributed by atoms with van der Waals surface area (Å²) < 4.78 is 7.64. The van der Waals surface area contributed by atoms with E-state index in [0.717, 1.165) is 40.1 Å². The highest BCUT2D eigenvalue weighted by atomic mass is 16.5. The first kappa shape index (κ1) is 20.5. The molecular weight excluding hydrogens is 348 g/mol. The van der Waals surface area contributed by atoms with Crippen LogP contribution in [0.25, 0.3) is 22.3 Å². The van der Waals surface area contributed by atoms with Crippen LogP contribution in [0.2, 0.25) is 0 Å². The van der Waals surface area contributed by atoms with Crippen LogP contribution < -0.4 is 5.73 Å². The Bertz CT molecular complexity index is 974. The minimum atomic E-state index is 0.255. The predicted molar refractivity (Wildman–Crippen MR) is 116 cm³/mol. The molecular formula is C23H32N4O. The first-order valence-electron chi connectivity index (χ1n) is 10.1. The summed E-state index contributed by atoms with van der Waals surface area (Å²) in [7, 11) is 1.74. The van der Waals surface area contributed by atoms with Crippen LogP contribution in [0.5, 0.6) is 0 Å². The largest absolute Gasteiger partial charge is 0.383 e. The van der Waals surface area contributed by atoms with Crippen molar-refractivity contribution in [3.63, 3.8) is 0 Å². The number of nitrogens with two attached hydrogens (primary N) is 1. The minimum Gasteiger partial charge on any atom is -0.383 e. The number of pyridine rings is 2. The molecule has 3 aromatic rings. The van der Waals surface area contributed by atoms with Gasteiger partial charge in [-0.25, -0.2) is 4.98 Å². The summed E-state index contributed by atoms with van der Waals surface area (Å²) in [6.45, 7) is 11.8. The Morgan fingerprint density at radius 3 is 2.54 bits per heavy atom. The SMILES string of the molecule is CCc1cc2c(nc1-c1ccc(C(C)C)nc1CN)c(C)cn2[C@H](C)COC. The number of hydrogen-bond acceptors (Lipinski definition) is 4. The average molecular weight is 381 g/mol. The summed E-state index contributed by atoms with van der Waals surface area (Å²) in [5, 5.41) is 0. The first-order valence-corrected chi connectivity index (χ1v) is 10.1. The number of ether oxygens (including phenoxy) is 1. The average Bonchev–Trinajstić information content (AvgIpc) is 3.02. The van der Waals surface area contributed by atoms with Gasteiger partial charge in [-0.1, -0.05) is 20.8 Å². The van der Waals surface area contributed by atoms with Crippen molar-refractivity contribution in [3.05, 3.63) is 46.9 Å². The van der Waals surface area contributed by atoms with Crippen LogP contribution in [-0.4, -0.2) is 28.3 Å². The number of aryl methyl sites for hydroxylation is 2. The number of aromatic nitrogens is 3. The molecule has 0 aliphatic rings. The van der Waals surface area contributed by atoms with Gasteiger partial charge >= 0.3 is 0 Å². The fourth-order valence-electron chi connectivity index (χ4n) is 3.77. The van der Waals surface area contributed by atoms with E-state index in [9.17, 15) is 0 Å². The molecule has 0 fully saturated rings. The van der Waals surface area contributed by atoms with Gasteiger partial charge in [0, 0.05) is 31.1 Å². The van der Waals surface area contributed by atoms with E-state index in [2.05, 4.69) is 63.6 Å². The highest BCUT2D eigenvalue weighted by Gasteiger charge is 2.18. The fourth-order valence-corrected chi connectivity index (χ4v) is 3.77. The summed E-state index contributed by atoms with van der Waals surface area (Å²) in [4.78, 5) is 9.92. The highest BCUT2D eigenvalue weighted by Crippen LogP contribution is 2.32. The lowest BCUT2D eigenvalue weighted by Gasteiger charge is -2.17. The van der Waals surface area contributed by atoms with Crippen LogP contribution in [0.1, 0.15) is 62.2 Å². The summed E-state index contributed by atoms with van der Waals surface area (Å²) in [5.41, 5.74) is 14.7. The van der Waals surface area contributed by atoms with Gasteiger partial charge in [0.2, 0.25) is 0 Å². The molecule has 0 saturated carbocycles. The zero-order valence-corrected chi connectivity index (χ0v) is 17.9. The number of nitrogens with zero attached hydrogens (tertiary/aromatic N) is 3. The number of rotatable bonds is 7. The van der Waals surface area contributed by atoms with Gasteiger partial charge in [0.25, 0.3) is 0 Å². The molecule has 1 atom stereocenters. The van der Waals surface area contributed by atoms with Gasteiger partial charge in [-0.15, -0.1) is 0 Å². The van der Waals surface area contributed by atoms with Crippen LogP contribution in [0.15, 0.2) is 24.4 Å². The van der Waals surface area contributed by atoms with Crippen molar-refractivity contribution >= 4 is 11.0 Å². The van der Waals surface area contributed by atoms with Gasteiger partial charge in [-0.3, -0.25) is 4.98 Å². The highest BCUT2D eigenvalue weighted by molar-refractivity contribution is 5.84. The molecule has 150 valence electrons. The number of methoxy groups -OCH3 is 1. The number of fused-ring (bicyclic) bond motifs is 1. The van der Waals surface area contributed by atoms with Crippen LogP contribution in [0.4, 0.5) is 0 Å². The minimum absolute atomic E-state index is 0.255. The van der Waals surface area contributed by atoms with Crippen molar-refractivity contribution < 1.29 is 4.74 Å². The monoisotopic (exact) mass is 380 g/mol. The first-order chi connectivity index (χ1) is 13.4. The zero-order chi connectivity index (χ0) is 20.4. The van der Waals surface area contributed by atoms with E-state index in [4.69, 9.17) is 20.4 Å². The van der Waals surface area contributed by atoms with E-state index in [1.807, 2.05) is 0 Å². The Balaban J connectivity index is 2.21. The third kappa shape index (κ3) is 3.69. The maximum absolute atomic E-state index is 6.06. The molecule has 0 saturated heterocycles. The van der Waals surface area contributed by atoms with Crippen molar-refractivity contribution in [2.24, 2.45) is 5.73 Å². The Kier molecular flexibility index (Phi) is 6.16. The molecule has 0 radical (unpaired) electrons. The van der Waals surface area contributed by atoms with Gasteiger partial charge in [0.1, 0.15) is 0 Å². The van der Waals surface area contributed by atoms with E-state index in [0.29, 0.717) is 19.1 Å². The van der Waals surface area contributed by atoms with Crippen LogP contribution in [0, 0.1) is 6.92 Å². The van der Waals surface area contributed by atoms with Crippen LogP contribution in [0.3, 0.4) is 0 Å². The van der Waals surface area contributed by atoms with Gasteiger partial charge in [0.15, 0.2) is 0 Å². The van der Waals surface area contributed by atoms with Crippen molar-refractivity contribution in [2.75, 3.05) is 13.7 Å². The summed E-state index contributed by atoms with van der Waals surface area (Å²) in [6, 6.07) is 6.76. The van der Waals surface area contributed by atoms with Crippen molar-refractivity contribution in [1.29, 1.82) is 0 Å². The van der Waals surface area contributed by atoms with Crippen LogP contribution >= 0.6 is 0 Å². The van der Waals surface area contributed by atoms with Gasteiger partial charge in [-0.2, -0.15) is 0 Å². The lowest BCUT2D eigenvalue weighted by atomic mass is 9.99. The molecule has 5 heteroatoms. The molecule has 28 heavy (non-hydrogen) atoms. The van der Waals surface area contributed by atoms with E-state index in [1.54, 1.807) is 7.11 Å². The summed E-state index contributed by atoms with van der Waals surface area (Å²) in [6.07, 6.45) is 3.08. The van der Waals surface area contributed by atoms with Gasteiger partial charge in [0.05, 0.1) is 35.1 Å². The molecule has 3 heterocycles. The second kappa shape index (κ2) is 8.41. The van der Waals surface area contributed by atoms with E-state index in [1.165, 1.54) is 11.1 Å². The third-order valence-corrected chi connectivity index (χ3v) is 5.37. The predicted octanol–water partition coefficient (Wildman–Crippen LogP) is 4.76. The van der Waals surface area contributed by atoms with E-state index in [-0.39, 0.29) is 6.04 Å². The zero-order valence-electron chi connectivity index (χ0n) is 17.9. The Morgan fingerprint density at radius 2 is 1.93 bits per heavy atom. The molecule has 0 aliphatic heterocycles. The maximum Gasteiger partial charge on any atom is 0.0917 e. The Morgan fingerprint density at radius 1 is 1.18 bits per heavy atom. The van der Waals surface area contributed by atoms with Crippen molar-refractivity contribution in [1.82, 2.24) is 14.5 Å². The quantitative estimate of drug-likeness (QED) is 0.642. The molecule has 0 aliphatic carbocycles. The maximum atomic E-state index is 6.06. The van der Waals surface area contributed by atoms with Gasteiger partial charge in [-0.05, 0) is 55.5 Å². The van der Waals surface area contributed by atoms with E-state index >= 15 is 0 Å². The summed E-state index contributed by atoms with van der Waals surface area (Å²) >= 11 is 0. The molecule has 0 bridgehead atoms. The number of hydrogen-bond donors (Lipinski definition) is 1. The van der Waals surface area contributed by atoms with Gasteiger partial charge < -0.3 is 15.0 Å². The topological polar surface area (TPSA) is 66.0 Å². The molecule has 5 nitrogen and oxygen atoms in total. The molecule has 2 N–H and O–H groups in total. The third-order valence-electron chi connectivity index (χ3n) is 5.37. The van der Waals surface area contributed by atoms with Crippen LogP contribution in [-0.2, 0) is 17.7 Å². The molecule has 0 unspecified atom stereocenters. The molecule has 0 aromatic carbocycles. The standard InChI is InChI=1S/C23H32N4O/c1-7-17-10-21-22(15(4)12-27(21)16(5)13-28-6)26-23(17)18-8-9-19(14(2)3)25-20(18)11-24/h8-10,12,14,16H,7,11,13,24H2,1-6H3/t16-/m1/s1. The van der Waals surface area contributed by atoms with Crippen molar-refractivity contribution in [3.8, 4) is 11.3 Å². The Hall–Kier alpha value is -2.24. The molecule has 0 spiro atoms. The molecule has 3 rings (SSSR count). The second-order valence-corrected chi connectivity index (χ2v) is 7.83. The lowest BCUT2D eigenvalue weighted by molar-refractivity contribution is 0.164. The second-order valence-electron chi connectivity index (χ2n) is 7.83. The molecule has 3 aromatic heterocycles. The smallest absolute Gasteiger partial charge is 0.0917 e. The fraction of sp³-hybridized carbons (Fsp3) is 0.478. The Labute approximate surface area is 167 Å². The van der Waals surface area contributed by atoms with Crippen molar-refractivity contribution in [2.45, 2.75) is 59.5 Å².